The maximum atomic E-state index is 11.3. The molecule has 0 bridgehead atoms. The molecule has 1 fully saturated rings. The van der Waals surface area contributed by atoms with Crippen LogP contribution in [0.3, 0.4) is 0 Å². The van der Waals surface area contributed by atoms with E-state index in [4.69, 9.17) is 4.74 Å². The molecule has 0 radical (unpaired) electrons. The Hall–Kier alpha value is -1.35. The van der Waals surface area contributed by atoms with Crippen molar-refractivity contribution in [2.75, 3.05) is 6.61 Å². The summed E-state index contributed by atoms with van der Waals surface area (Å²) in [4.78, 5) is 11.3. The van der Waals surface area contributed by atoms with E-state index in [9.17, 15) is 4.79 Å². The highest BCUT2D eigenvalue weighted by molar-refractivity contribution is 5.80. The summed E-state index contributed by atoms with van der Waals surface area (Å²) in [6, 6.07) is 9.93. The second-order valence-electron chi connectivity index (χ2n) is 3.28. The Kier molecular flexibility index (Phi) is 2.50. The van der Waals surface area contributed by atoms with Gasteiger partial charge in [-0.05, 0) is 12.5 Å². The SMILES string of the molecule is CCOC(=O)[C@@H]1N[C@@H]1c1ccccc1. The van der Waals surface area contributed by atoms with E-state index < -0.39 is 0 Å². The van der Waals surface area contributed by atoms with Gasteiger partial charge in [-0.1, -0.05) is 30.3 Å². The van der Waals surface area contributed by atoms with Gasteiger partial charge in [0.15, 0.2) is 0 Å². The van der Waals surface area contributed by atoms with E-state index >= 15 is 0 Å². The number of esters is 1. The molecule has 1 saturated heterocycles. The summed E-state index contributed by atoms with van der Waals surface area (Å²) >= 11 is 0. The van der Waals surface area contributed by atoms with Gasteiger partial charge in [0.05, 0.1) is 12.6 Å². The Morgan fingerprint density at radius 1 is 1.43 bits per heavy atom. The molecule has 3 nitrogen and oxygen atoms in total. The average molecular weight is 191 g/mol. The smallest absolute Gasteiger partial charge is 0.325 e. The maximum absolute atomic E-state index is 11.3. The van der Waals surface area contributed by atoms with Crippen LogP contribution in [0, 0.1) is 0 Å². The summed E-state index contributed by atoms with van der Waals surface area (Å²) in [6.07, 6.45) is 0. The van der Waals surface area contributed by atoms with E-state index in [1.807, 2.05) is 37.3 Å². The Morgan fingerprint density at radius 3 is 2.79 bits per heavy atom. The molecule has 1 N–H and O–H groups in total. The second-order valence-corrected chi connectivity index (χ2v) is 3.28. The minimum Gasteiger partial charge on any atom is -0.465 e. The molecule has 2 atom stereocenters. The van der Waals surface area contributed by atoms with E-state index in [1.54, 1.807) is 0 Å². The van der Waals surface area contributed by atoms with Crippen LogP contribution in [0.5, 0.6) is 0 Å². The number of carbonyl (C=O) groups is 1. The van der Waals surface area contributed by atoms with Gasteiger partial charge < -0.3 is 4.74 Å². The first-order chi connectivity index (χ1) is 6.83. The predicted molar refractivity (Wildman–Crippen MR) is 52.7 cm³/mol. The quantitative estimate of drug-likeness (QED) is 0.578. The van der Waals surface area contributed by atoms with Crippen LogP contribution >= 0.6 is 0 Å². The zero-order valence-corrected chi connectivity index (χ0v) is 8.07. The van der Waals surface area contributed by atoms with E-state index in [0.29, 0.717) is 6.61 Å². The van der Waals surface area contributed by atoms with Crippen molar-refractivity contribution in [3.63, 3.8) is 0 Å². The molecule has 0 aromatic heterocycles. The lowest BCUT2D eigenvalue weighted by Gasteiger charge is -1.98. The third-order valence-electron chi connectivity index (χ3n) is 2.28. The summed E-state index contributed by atoms with van der Waals surface area (Å²) in [6.45, 7) is 2.26. The first-order valence-electron chi connectivity index (χ1n) is 4.80. The van der Waals surface area contributed by atoms with Crippen LogP contribution in [0.15, 0.2) is 30.3 Å². The van der Waals surface area contributed by atoms with Gasteiger partial charge in [0.1, 0.15) is 6.04 Å². The Morgan fingerprint density at radius 2 is 2.14 bits per heavy atom. The van der Waals surface area contributed by atoms with Gasteiger partial charge in [0.2, 0.25) is 0 Å². The van der Waals surface area contributed by atoms with Gasteiger partial charge in [0.25, 0.3) is 0 Å². The summed E-state index contributed by atoms with van der Waals surface area (Å²) in [5, 5.41) is 3.10. The molecule has 3 heteroatoms. The Balaban J connectivity index is 1.96. The van der Waals surface area contributed by atoms with Crippen molar-refractivity contribution in [3.8, 4) is 0 Å². The minimum absolute atomic E-state index is 0.141. The standard InChI is InChI=1S/C11H13NO2/c1-2-14-11(13)10-9(12-10)8-6-4-3-5-7-8/h3-7,9-10,12H,2H2,1H3/t9-,10-/m1/s1. The maximum Gasteiger partial charge on any atom is 0.325 e. The molecule has 0 spiro atoms. The molecule has 0 amide bonds. The number of carbonyl (C=O) groups excluding carboxylic acids is 1. The first kappa shape index (κ1) is 9.21. The molecule has 1 aliphatic heterocycles. The highest BCUT2D eigenvalue weighted by atomic mass is 16.5. The topological polar surface area (TPSA) is 48.2 Å². The van der Waals surface area contributed by atoms with Crippen LogP contribution in [0.2, 0.25) is 0 Å². The lowest BCUT2D eigenvalue weighted by molar-refractivity contribution is -0.142. The van der Waals surface area contributed by atoms with Gasteiger partial charge in [-0.15, -0.1) is 0 Å². The minimum atomic E-state index is -0.152. The predicted octanol–water partition coefficient (Wildman–Crippen LogP) is 1.26. The molecule has 0 saturated carbocycles. The van der Waals surface area contributed by atoms with E-state index in [-0.39, 0.29) is 18.1 Å². The summed E-state index contributed by atoms with van der Waals surface area (Å²) < 4.78 is 4.92. The van der Waals surface area contributed by atoms with E-state index in [1.165, 1.54) is 0 Å². The normalized spacial score (nSPS) is 24.4. The Labute approximate surface area is 83.1 Å². The molecule has 1 aliphatic rings. The average Bonchev–Trinajstić information content (AvgIpc) is 2.99. The zero-order valence-electron chi connectivity index (χ0n) is 8.07. The van der Waals surface area contributed by atoms with Gasteiger partial charge in [0, 0.05) is 0 Å². The fraction of sp³-hybridized carbons (Fsp3) is 0.364. The zero-order chi connectivity index (χ0) is 9.97. The molecule has 1 heterocycles. The largest absolute Gasteiger partial charge is 0.465 e. The van der Waals surface area contributed by atoms with Crippen LogP contribution in [0.25, 0.3) is 0 Å². The molecule has 0 unspecified atom stereocenters. The second kappa shape index (κ2) is 3.80. The summed E-state index contributed by atoms with van der Waals surface area (Å²) in [7, 11) is 0. The van der Waals surface area contributed by atoms with Gasteiger partial charge in [-0.3, -0.25) is 10.1 Å². The number of hydrogen-bond donors (Lipinski definition) is 1. The lowest BCUT2D eigenvalue weighted by atomic mass is 10.1. The van der Waals surface area contributed by atoms with Crippen molar-refractivity contribution in [1.82, 2.24) is 5.32 Å². The number of rotatable bonds is 3. The molecule has 74 valence electrons. The molecule has 2 rings (SSSR count). The van der Waals surface area contributed by atoms with Crippen LogP contribution in [0.4, 0.5) is 0 Å². The highest BCUT2D eigenvalue weighted by Gasteiger charge is 2.44. The molecular weight excluding hydrogens is 178 g/mol. The Bertz CT molecular complexity index is 323. The van der Waals surface area contributed by atoms with Crippen LogP contribution in [-0.2, 0) is 9.53 Å². The number of hydrogen-bond acceptors (Lipinski definition) is 3. The lowest BCUT2D eigenvalue weighted by Crippen LogP contribution is -2.13. The van der Waals surface area contributed by atoms with Crippen LogP contribution in [0.1, 0.15) is 18.5 Å². The monoisotopic (exact) mass is 191 g/mol. The van der Waals surface area contributed by atoms with Crippen molar-refractivity contribution >= 4 is 5.97 Å². The summed E-state index contributed by atoms with van der Waals surface area (Å²) in [5.41, 5.74) is 1.14. The van der Waals surface area contributed by atoms with Crippen molar-refractivity contribution in [3.05, 3.63) is 35.9 Å². The van der Waals surface area contributed by atoms with Crippen LogP contribution < -0.4 is 5.32 Å². The third kappa shape index (κ3) is 1.77. The highest BCUT2D eigenvalue weighted by Crippen LogP contribution is 2.29. The van der Waals surface area contributed by atoms with Crippen LogP contribution in [-0.4, -0.2) is 18.6 Å². The molecule has 1 aromatic rings. The molecular formula is C11H13NO2. The fourth-order valence-electron chi connectivity index (χ4n) is 1.52. The van der Waals surface area contributed by atoms with Gasteiger partial charge >= 0.3 is 5.97 Å². The number of ether oxygens (including phenoxy) is 1. The fourth-order valence-corrected chi connectivity index (χ4v) is 1.52. The molecule has 14 heavy (non-hydrogen) atoms. The molecule has 0 aliphatic carbocycles. The van der Waals surface area contributed by atoms with Crippen molar-refractivity contribution in [1.29, 1.82) is 0 Å². The first-order valence-corrected chi connectivity index (χ1v) is 4.80. The number of nitrogens with one attached hydrogen (secondary N) is 1. The molecule has 1 aromatic carbocycles. The number of benzene rings is 1. The summed E-state index contributed by atoms with van der Waals surface area (Å²) in [5.74, 6) is -0.152. The third-order valence-corrected chi connectivity index (χ3v) is 2.28. The van der Waals surface area contributed by atoms with Crippen molar-refractivity contribution < 1.29 is 9.53 Å². The van der Waals surface area contributed by atoms with Gasteiger partial charge in [-0.25, -0.2) is 0 Å². The van der Waals surface area contributed by atoms with E-state index in [0.717, 1.165) is 5.56 Å². The van der Waals surface area contributed by atoms with Crippen molar-refractivity contribution in [2.45, 2.75) is 19.0 Å². The van der Waals surface area contributed by atoms with Crippen molar-refractivity contribution in [2.24, 2.45) is 0 Å². The van der Waals surface area contributed by atoms with E-state index in [2.05, 4.69) is 5.32 Å². The van der Waals surface area contributed by atoms with Gasteiger partial charge in [-0.2, -0.15) is 0 Å².